The number of rotatable bonds is 3. The Morgan fingerprint density at radius 2 is 1.52 bits per heavy atom. The van der Waals surface area contributed by atoms with Crippen molar-refractivity contribution in [2.75, 3.05) is 33.3 Å². The normalized spacial score (nSPS) is 14.3. The molecule has 1 aliphatic rings. The third-order valence-electron chi connectivity index (χ3n) is 5.51. The number of benzene rings is 2. The van der Waals surface area contributed by atoms with Crippen molar-refractivity contribution in [1.29, 1.82) is 0 Å². The minimum Gasteiger partial charge on any atom is -0.497 e. The van der Waals surface area contributed by atoms with Crippen LogP contribution in [0.3, 0.4) is 0 Å². The van der Waals surface area contributed by atoms with Crippen molar-refractivity contribution in [1.82, 2.24) is 14.8 Å². The molecule has 150 valence electrons. The average Bonchev–Trinajstić information content (AvgIpc) is 3.17. The Morgan fingerprint density at radius 1 is 0.897 bits per heavy atom. The fourth-order valence-corrected chi connectivity index (χ4v) is 3.91. The number of aromatic nitrogens is 1. The predicted octanol–water partition coefficient (Wildman–Crippen LogP) is 3.39. The van der Waals surface area contributed by atoms with Crippen LogP contribution in [0.25, 0.3) is 10.9 Å². The predicted molar refractivity (Wildman–Crippen MR) is 113 cm³/mol. The summed E-state index contributed by atoms with van der Waals surface area (Å²) in [5, 5.41) is 1.08. The fourth-order valence-electron chi connectivity index (χ4n) is 3.91. The van der Waals surface area contributed by atoms with Crippen LogP contribution in [0.2, 0.25) is 0 Å². The second kappa shape index (κ2) is 7.62. The van der Waals surface area contributed by atoms with Gasteiger partial charge in [-0.2, -0.15) is 0 Å². The van der Waals surface area contributed by atoms with Crippen molar-refractivity contribution < 1.29 is 14.3 Å². The molecule has 2 amide bonds. The number of piperazine rings is 1. The number of carbonyl (C=O) groups is 2. The number of aromatic amines is 1. The molecule has 1 aromatic heterocycles. The molecule has 0 unspecified atom stereocenters. The van der Waals surface area contributed by atoms with E-state index in [1.807, 2.05) is 17.9 Å². The van der Waals surface area contributed by atoms with Gasteiger partial charge in [0.25, 0.3) is 11.8 Å². The molecule has 1 N–H and O–H groups in total. The van der Waals surface area contributed by atoms with Crippen LogP contribution >= 0.6 is 0 Å². The van der Waals surface area contributed by atoms with Gasteiger partial charge in [0.1, 0.15) is 11.4 Å². The van der Waals surface area contributed by atoms with E-state index < -0.39 is 0 Å². The van der Waals surface area contributed by atoms with Crippen LogP contribution in [-0.4, -0.2) is 59.9 Å². The van der Waals surface area contributed by atoms with Gasteiger partial charge in [-0.05, 0) is 61.4 Å². The molecular weight excluding hydrogens is 366 g/mol. The lowest BCUT2D eigenvalue weighted by Crippen LogP contribution is -2.50. The number of fused-ring (bicyclic) bond motifs is 1. The van der Waals surface area contributed by atoms with Crippen LogP contribution in [0.4, 0.5) is 0 Å². The van der Waals surface area contributed by atoms with E-state index in [0.29, 0.717) is 37.4 Å². The third-order valence-corrected chi connectivity index (χ3v) is 5.51. The van der Waals surface area contributed by atoms with E-state index in [9.17, 15) is 9.59 Å². The number of nitrogens with one attached hydrogen (secondary N) is 1. The molecule has 0 spiro atoms. The first-order chi connectivity index (χ1) is 14.0. The summed E-state index contributed by atoms with van der Waals surface area (Å²) < 4.78 is 5.14. The largest absolute Gasteiger partial charge is 0.497 e. The van der Waals surface area contributed by atoms with Crippen LogP contribution in [0, 0.1) is 13.8 Å². The Hall–Kier alpha value is -3.28. The third kappa shape index (κ3) is 3.70. The standard InChI is InChI=1S/C23H25N3O3/c1-15-12-16(2)19-14-21(24-20(19)13-15)23(28)26-10-8-25(9-11-26)22(27)17-4-6-18(29-3)7-5-17/h4-7,12-14,24H,8-11H2,1-3H3. The van der Waals surface area contributed by atoms with Gasteiger partial charge in [-0.3, -0.25) is 9.59 Å². The molecule has 0 saturated carbocycles. The number of H-pyrrole nitrogens is 1. The highest BCUT2D eigenvalue weighted by Crippen LogP contribution is 2.23. The van der Waals surface area contributed by atoms with E-state index in [2.05, 4.69) is 24.0 Å². The molecule has 0 atom stereocenters. The summed E-state index contributed by atoms with van der Waals surface area (Å²) >= 11 is 0. The molecule has 6 nitrogen and oxygen atoms in total. The average molecular weight is 391 g/mol. The summed E-state index contributed by atoms with van der Waals surface area (Å²) in [6.07, 6.45) is 0. The molecule has 0 aliphatic carbocycles. The zero-order chi connectivity index (χ0) is 20.5. The maximum atomic E-state index is 13.0. The van der Waals surface area contributed by atoms with Crippen LogP contribution in [0.1, 0.15) is 32.0 Å². The highest BCUT2D eigenvalue weighted by atomic mass is 16.5. The van der Waals surface area contributed by atoms with Gasteiger partial charge in [0.15, 0.2) is 0 Å². The van der Waals surface area contributed by atoms with Crippen molar-refractivity contribution in [3.63, 3.8) is 0 Å². The van der Waals surface area contributed by atoms with Crippen LogP contribution < -0.4 is 4.74 Å². The molecule has 29 heavy (non-hydrogen) atoms. The first kappa shape index (κ1) is 19.1. The Morgan fingerprint density at radius 3 is 2.14 bits per heavy atom. The Kier molecular flexibility index (Phi) is 5.01. The fraction of sp³-hybridized carbons (Fsp3) is 0.304. The van der Waals surface area contributed by atoms with E-state index in [1.165, 1.54) is 5.56 Å². The van der Waals surface area contributed by atoms with E-state index in [-0.39, 0.29) is 11.8 Å². The van der Waals surface area contributed by atoms with Gasteiger partial charge in [0, 0.05) is 42.6 Å². The number of hydrogen-bond donors (Lipinski definition) is 1. The Labute approximate surface area is 170 Å². The second-order valence-corrected chi connectivity index (χ2v) is 7.54. The van der Waals surface area contributed by atoms with Crippen molar-refractivity contribution in [3.05, 3.63) is 64.8 Å². The SMILES string of the molecule is COc1ccc(C(=O)N2CCN(C(=O)c3cc4c(C)cc(C)cc4[nH]3)CC2)cc1. The van der Waals surface area contributed by atoms with E-state index in [1.54, 1.807) is 36.3 Å². The topological polar surface area (TPSA) is 65.6 Å². The van der Waals surface area contributed by atoms with Gasteiger partial charge < -0.3 is 19.5 Å². The minimum absolute atomic E-state index is 0.0172. The van der Waals surface area contributed by atoms with Crippen molar-refractivity contribution in [2.24, 2.45) is 0 Å². The lowest BCUT2D eigenvalue weighted by molar-refractivity contribution is 0.0533. The summed E-state index contributed by atoms with van der Waals surface area (Å²) in [6.45, 7) is 6.20. The zero-order valence-corrected chi connectivity index (χ0v) is 17.0. The summed E-state index contributed by atoms with van der Waals surface area (Å²) in [6, 6.07) is 13.2. The first-order valence-corrected chi connectivity index (χ1v) is 9.79. The van der Waals surface area contributed by atoms with Crippen molar-refractivity contribution >= 4 is 22.7 Å². The zero-order valence-electron chi connectivity index (χ0n) is 17.0. The van der Waals surface area contributed by atoms with Gasteiger partial charge in [0.05, 0.1) is 7.11 Å². The van der Waals surface area contributed by atoms with Gasteiger partial charge in [-0.1, -0.05) is 6.07 Å². The van der Waals surface area contributed by atoms with Gasteiger partial charge >= 0.3 is 0 Å². The van der Waals surface area contributed by atoms with Crippen LogP contribution in [0.5, 0.6) is 5.75 Å². The molecule has 6 heteroatoms. The smallest absolute Gasteiger partial charge is 0.270 e. The van der Waals surface area contributed by atoms with E-state index >= 15 is 0 Å². The monoisotopic (exact) mass is 391 g/mol. The summed E-state index contributed by atoms with van der Waals surface area (Å²) in [5.74, 6) is 0.687. The number of ether oxygens (including phenoxy) is 1. The summed E-state index contributed by atoms with van der Waals surface area (Å²) in [4.78, 5) is 32.5. The molecule has 0 radical (unpaired) electrons. The lowest BCUT2D eigenvalue weighted by Gasteiger charge is -2.34. The number of methoxy groups -OCH3 is 1. The number of aryl methyl sites for hydroxylation is 2. The second-order valence-electron chi connectivity index (χ2n) is 7.54. The molecule has 2 aromatic carbocycles. The van der Waals surface area contributed by atoms with E-state index in [4.69, 9.17) is 4.74 Å². The highest BCUT2D eigenvalue weighted by Gasteiger charge is 2.26. The Balaban J connectivity index is 1.43. The quantitative estimate of drug-likeness (QED) is 0.744. The number of amides is 2. The molecule has 3 aromatic rings. The van der Waals surface area contributed by atoms with Crippen molar-refractivity contribution in [2.45, 2.75) is 13.8 Å². The maximum Gasteiger partial charge on any atom is 0.270 e. The molecule has 1 aliphatic heterocycles. The van der Waals surface area contributed by atoms with Crippen LogP contribution in [-0.2, 0) is 0 Å². The number of nitrogens with zero attached hydrogens (tertiary/aromatic N) is 2. The van der Waals surface area contributed by atoms with Gasteiger partial charge in [-0.15, -0.1) is 0 Å². The summed E-state index contributed by atoms with van der Waals surface area (Å²) in [5.41, 5.74) is 4.54. The maximum absolute atomic E-state index is 13.0. The molecule has 0 bridgehead atoms. The molecular formula is C23H25N3O3. The van der Waals surface area contributed by atoms with Gasteiger partial charge in [-0.25, -0.2) is 0 Å². The Bertz CT molecular complexity index is 1060. The number of hydrogen-bond acceptors (Lipinski definition) is 3. The lowest BCUT2D eigenvalue weighted by atomic mass is 10.1. The molecule has 4 rings (SSSR count). The first-order valence-electron chi connectivity index (χ1n) is 9.79. The minimum atomic E-state index is -0.0187. The van der Waals surface area contributed by atoms with E-state index in [0.717, 1.165) is 22.2 Å². The van der Waals surface area contributed by atoms with Gasteiger partial charge in [0.2, 0.25) is 0 Å². The molecule has 1 fully saturated rings. The summed E-state index contributed by atoms with van der Waals surface area (Å²) in [7, 11) is 1.60. The molecule has 2 heterocycles. The van der Waals surface area contributed by atoms with Crippen LogP contribution in [0.15, 0.2) is 42.5 Å². The number of carbonyl (C=O) groups excluding carboxylic acids is 2. The molecule has 1 saturated heterocycles. The van der Waals surface area contributed by atoms with Crippen molar-refractivity contribution in [3.8, 4) is 5.75 Å². The highest BCUT2D eigenvalue weighted by molar-refractivity contribution is 5.99.